The summed E-state index contributed by atoms with van der Waals surface area (Å²) in [4.78, 5) is 11.6. The first-order valence-electron chi connectivity index (χ1n) is 6.67. The van der Waals surface area contributed by atoms with Gasteiger partial charge in [0.15, 0.2) is 0 Å². The summed E-state index contributed by atoms with van der Waals surface area (Å²) < 4.78 is 0. The van der Waals surface area contributed by atoms with Crippen molar-refractivity contribution in [1.82, 2.24) is 5.32 Å². The summed E-state index contributed by atoms with van der Waals surface area (Å²) in [6.45, 7) is 4.55. The van der Waals surface area contributed by atoms with Gasteiger partial charge in [0.25, 0.3) is 0 Å². The minimum absolute atomic E-state index is 0.0939. The van der Waals surface area contributed by atoms with E-state index in [1.165, 1.54) is 19.3 Å². The van der Waals surface area contributed by atoms with Crippen molar-refractivity contribution in [3.8, 4) is 0 Å². The Balaban J connectivity index is 1.89. The predicted octanol–water partition coefficient (Wildman–Crippen LogP) is 2.19. The van der Waals surface area contributed by atoms with Gasteiger partial charge >= 0.3 is 5.97 Å². The van der Waals surface area contributed by atoms with Crippen molar-refractivity contribution >= 4 is 5.97 Å². The molecule has 0 amide bonds. The van der Waals surface area contributed by atoms with Gasteiger partial charge in [0.2, 0.25) is 0 Å². The van der Waals surface area contributed by atoms with Crippen LogP contribution in [0.2, 0.25) is 0 Å². The minimum atomic E-state index is -0.559. The highest BCUT2D eigenvalue weighted by atomic mass is 16.4. The summed E-state index contributed by atoms with van der Waals surface area (Å²) >= 11 is 0. The van der Waals surface area contributed by atoms with E-state index in [-0.39, 0.29) is 5.54 Å². The maximum atomic E-state index is 11.6. The number of rotatable bonds is 4. The third kappa shape index (κ3) is 1.63. The molecule has 0 radical (unpaired) electrons. The molecule has 0 aromatic rings. The van der Waals surface area contributed by atoms with Crippen LogP contribution in [0.1, 0.15) is 38.5 Å². The second kappa shape index (κ2) is 3.58. The number of hydrogen-bond acceptors (Lipinski definition) is 2. The van der Waals surface area contributed by atoms with Crippen LogP contribution in [0.5, 0.6) is 0 Å². The second-order valence-electron chi connectivity index (χ2n) is 6.50. The zero-order valence-electron chi connectivity index (χ0n) is 10.2. The zero-order chi connectivity index (χ0) is 12.1. The lowest BCUT2D eigenvalue weighted by Gasteiger charge is -2.60. The first-order valence-corrected chi connectivity index (χ1v) is 6.67. The van der Waals surface area contributed by atoms with Crippen LogP contribution in [0.25, 0.3) is 0 Å². The first-order chi connectivity index (χ1) is 8.07. The first kappa shape index (κ1) is 11.3. The lowest BCUT2D eigenvalue weighted by Crippen LogP contribution is -2.63. The van der Waals surface area contributed by atoms with Gasteiger partial charge in [0.1, 0.15) is 0 Å². The molecule has 2 atom stereocenters. The molecule has 4 aliphatic rings. The lowest BCUT2D eigenvalue weighted by molar-refractivity contribution is -0.168. The number of aliphatic carboxylic acids is 1. The van der Waals surface area contributed by atoms with Gasteiger partial charge < -0.3 is 10.4 Å². The molecule has 3 nitrogen and oxygen atoms in total. The summed E-state index contributed by atoms with van der Waals surface area (Å²) in [5.74, 6) is 0.700. The zero-order valence-corrected chi connectivity index (χ0v) is 10.2. The van der Waals surface area contributed by atoms with E-state index >= 15 is 0 Å². The van der Waals surface area contributed by atoms with Gasteiger partial charge in [-0.3, -0.25) is 4.79 Å². The average Bonchev–Trinajstić information content (AvgIpc) is 2.24. The van der Waals surface area contributed by atoms with E-state index in [4.69, 9.17) is 0 Å². The fourth-order valence-electron chi connectivity index (χ4n) is 5.01. The van der Waals surface area contributed by atoms with Crippen LogP contribution in [0.3, 0.4) is 0 Å². The monoisotopic (exact) mass is 235 g/mol. The summed E-state index contributed by atoms with van der Waals surface area (Å²) in [6.07, 6.45) is 8.14. The third-order valence-electron chi connectivity index (χ3n) is 5.14. The lowest BCUT2D eigenvalue weighted by atomic mass is 9.47. The molecular weight excluding hydrogens is 214 g/mol. The van der Waals surface area contributed by atoms with Crippen LogP contribution < -0.4 is 5.32 Å². The Hall–Kier alpha value is -0.830. The normalized spacial score (nSPS) is 47.1. The highest BCUT2D eigenvalue weighted by Crippen LogP contribution is 2.61. The molecule has 0 aliphatic heterocycles. The maximum absolute atomic E-state index is 11.6. The quantitative estimate of drug-likeness (QED) is 0.734. The van der Waals surface area contributed by atoms with Gasteiger partial charge in [-0.2, -0.15) is 0 Å². The predicted molar refractivity (Wildman–Crippen MR) is 65.7 cm³/mol. The molecule has 0 aromatic heterocycles. The number of carbonyl (C=O) groups is 1. The molecule has 17 heavy (non-hydrogen) atoms. The van der Waals surface area contributed by atoms with Crippen LogP contribution in [0, 0.1) is 17.3 Å². The van der Waals surface area contributed by atoms with Crippen molar-refractivity contribution in [2.24, 2.45) is 17.3 Å². The average molecular weight is 235 g/mol. The van der Waals surface area contributed by atoms with E-state index < -0.39 is 11.4 Å². The fraction of sp³-hybridized carbons (Fsp3) is 0.786. The van der Waals surface area contributed by atoms with Crippen LogP contribution in [-0.4, -0.2) is 23.2 Å². The molecule has 4 aliphatic carbocycles. The highest BCUT2D eigenvalue weighted by Gasteiger charge is 2.60. The van der Waals surface area contributed by atoms with Gasteiger partial charge in [-0.05, 0) is 50.4 Å². The molecule has 0 spiro atoms. The van der Waals surface area contributed by atoms with Crippen LogP contribution >= 0.6 is 0 Å². The largest absolute Gasteiger partial charge is 0.481 e. The molecule has 0 heterocycles. The summed E-state index contributed by atoms with van der Waals surface area (Å²) in [5, 5.41) is 13.1. The fourth-order valence-corrected chi connectivity index (χ4v) is 5.01. The molecule has 94 valence electrons. The van der Waals surface area contributed by atoms with Gasteiger partial charge in [-0.15, -0.1) is 6.58 Å². The van der Waals surface area contributed by atoms with Crippen molar-refractivity contribution < 1.29 is 9.90 Å². The van der Waals surface area contributed by atoms with Crippen molar-refractivity contribution in [2.75, 3.05) is 6.54 Å². The Kier molecular flexibility index (Phi) is 2.37. The Morgan fingerprint density at radius 3 is 2.53 bits per heavy atom. The third-order valence-corrected chi connectivity index (χ3v) is 5.14. The van der Waals surface area contributed by atoms with Crippen molar-refractivity contribution in [1.29, 1.82) is 0 Å². The summed E-state index contributed by atoms with van der Waals surface area (Å²) in [7, 11) is 0. The van der Waals surface area contributed by atoms with E-state index in [2.05, 4.69) is 11.9 Å². The van der Waals surface area contributed by atoms with Gasteiger partial charge in [-0.25, -0.2) is 0 Å². The summed E-state index contributed by atoms with van der Waals surface area (Å²) in [5.41, 5.74) is -0.324. The molecule has 3 heteroatoms. The van der Waals surface area contributed by atoms with Crippen molar-refractivity contribution in [3.63, 3.8) is 0 Å². The Labute approximate surface area is 102 Å². The van der Waals surface area contributed by atoms with Gasteiger partial charge in [-0.1, -0.05) is 6.08 Å². The van der Waals surface area contributed by atoms with Crippen molar-refractivity contribution in [2.45, 2.75) is 44.1 Å². The van der Waals surface area contributed by atoms with Crippen LogP contribution in [0.4, 0.5) is 0 Å². The topological polar surface area (TPSA) is 49.3 Å². The van der Waals surface area contributed by atoms with Gasteiger partial charge in [0.05, 0.1) is 5.41 Å². The Morgan fingerprint density at radius 2 is 2.00 bits per heavy atom. The molecule has 0 saturated heterocycles. The number of nitrogens with one attached hydrogen (secondary N) is 1. The van der Waals surface area contributed by atoms with Crippen LogP contribution in [0.15, 0.2) is 12.7 Å². The SMILES string of the molecule is C=CCNC12CC3CC(C1)CC(C(=O)O)(C3)C2. The number of carboxylic acids is 1. The molecular formula is C14H21NO2. The standard InChI is InChI=1S/C14H21NO2/c1-2-3-15-14-7-10-4-11(8-14)6-13(5-10,9-14)12(16)17/h2,10-11,15H,1,3-9H2,(H,16,17). The molecule has 4 saturated carbocycles. The van der Waals surface area contributed by atoms with E-state index in [1.54, 1.807) is 0 Å². The Morgan fingerprint density at radius 1 is 1.35 bits per heavy atom. The van der Waals surface area contributed by atoms with E-state index in [1.807, 2.05) is 6.08 Å². The van der Waals surface area contributed by atoms with E-state index in [0.717, 1.165) is 25.8 Å². The van der Waals surface area contributed by atoms with E-state index in [0.29, 0.717) is 11.8 Å². The maximum Gasteiger partial charge on any atom is 0.309 e. The molecule has 4 bridgehead atoms. The van der Waals surface area contributed by atoms with E-state index in [9.17, 15) is 9.90 Å². The van der Waals surface area contributed by atoms with Crippen LogP contribution in [-0.2, 0) is 4.79 Å². The minimum Gasteiger partial charge on any atom is -0.481 e. The molecule has 0 aromatic carbocycles. The highest BCUT2D eigenvalue weighted by molar-refractivity contribution is 5.75. The molecule has 4 rings (SSSR count). The molecule has 2 unspecified atom stereocenters. The number of hydrogen-bond donors (Lipinski definition) is 2. The number of carboxylic acid groups (broad SMARTS) is 1. The second-order valence-corrected chi connectivity index (χ2v) is 6.50. The molecule has 4 fully saturated rings. The Bertz CT molecular complexity index is 349. The molecule has 2 N–H and O–H groups in total. The van der Waals surface area contributed by atoms with Crippen molar-refractivity contribution in [3.05, 3.63) is 12.7 Å². The van der Waals surface area contributed by atoms with Gasteiger partial charge in [0, 0.05) is 12.1 Å². The summed E-state index contributed by atoms with van der Waals surface area (Å²) in [6, 6.07) is 0. The smallest absolute Gasteiger partial charge is 0.309 e.